The van der Waals surface area contributed by atoms with E-state index in [0.717, 1.165) is 27.9 Å². The molecular weight excluding hydrogens is 418 g/mol. The summed E-state index contributed by atoms with van der Waals surface area (Å²) in [5.74, 6) is -0.422. The van der Waals surface area contributed by atoms with E-state index in [1.165, 1.54) is 0 Å². The molecule has 0 aliphatic heterocycles. The number of hydrogen-bond donors (Lipinski definition) is 1. The number of esters is 1. The number of rotatable bonds is 9. The molecule has 172 valence electrons. The minimum Gasteiger partial charge on any atom is -0.466 e. The van der Waals surface area contributed by atoms with Gasteiger partial charge in [0, 0.05) is 5.69 Å². The Balaban J connectivity index is 1.80. The largest absolute Gasteiger partial charge is 0.466 e. The fraction of sp³-hybridized carbons (Fsp3) is 0.194. The Bertz CT molecular complexity index is 1080. The van der Waals surface area contributed by atoms with Crippen molar-refractivity contribution in [2.45, 2.75) is 31.7 Å². The van der Waals surface area contributed by atoms with Gasteiger partial charge >= 0.3 is 5.97 Å². The molecule has 1 atom stereocenters. The van der Waals surface area contributed by atoms with Crippen LogP contribution in [0.5, 0.6) is 0 Å². The van der Waals surface area contributed by atoms with Crippen LogP contribution in [0.15, 0.2) is 115 Å². The molecule has 1 N–H and O–H groups in total. The van der Waals surface area contributed by atoms with E-state index in [1.54, 1.807) is 0 Å². The normalized spacial score (nSPS) is 12.1. The van der Waals surface area contributed by atoms with Crippen LogP contribution in [0.3, 0.4) is 0 Å². The molecule has 1 unspecified atom stereocenters. The van der Waals surface area contributed by atoms with Gasteiger partial charge in [-0.15, -0.1) is 0 Å². The summed E-state index contributed by atoms with van der Waals surface area (Å²) in [6.07, 6.45) is 0.702. The Hall–Kier alpha value is -3.85. The van der Waals surface area contributed by atoms with E-state index in [0.29, 0.717) is 13.0 Å². The molecule has 3 heteroatoms. The van der Waals surface area contributed by atoms with Crippen molar-refractivity contribution in [2.24, 2.45) is 0 Å². The van der Waals surface area contributed by atoms with Crippen molar-refractivity contribution in [1.29, 1.82) is 0 Å². The molecular formula is C31H31NO2. The van der Waals surface area contributed by atoms with Crippen molar-refractivity contribution in [3.05, 3.63) is 138 Å². The Morgan fingerprint density at radius 2 is 1.15 bits per heavy atom. The summed E-state index contributed by atoms with van der Waals surface area (Å²) in [5.41, 5.74) is 4.80. The van der Waals surface area contributed by atoms with Crippen LogP contribution in [0.25, 0.3) is 0 Å². The van der Waals surface area contributed by atoms with Gasteiger partial charge in [0.25, 0.3) is 0 Å². The zero-order chi connectivity index (χ0) is 23.8. The first-order valence-corrected chi connectivity index (χ1v) is 11.9. The van der Waals surface area contributed by atoms with Gasteiger partial charge in [0.15, 0.2) is 0 Å². The minimum atomic E-state index is -0.587. The van der Waals surface area contributed by atoms with E-state index in [1.807, 2.05) is 44.2 Å². The lowest BCUT2D eigenvalue weighted by Gasteiger charge is -2.38. The van der Waals surface area contributed by atoms with Gasteiger partial charge in [-0.2, -0.15) is 0 Å². The SMILES string of the molecule is CCOC(=O)C(CC)c1ccc(NC(c2ccccc2)(c2ccccc2)c2ccccc2)cc1. The minimum absolute atomic E-state index is 0.169. The molecule has 0 aliphatic carbocycles. The lowest BCUT2D eigenvalue weighted by molar-refractivity contribution is -0.145. The number of carbonyl (C=O) groups excluding carboxylic acids is 1. The van der Waals surface area contributed by atoms with Crippen molar-refractivity contribution in [3.63, 3.8) is 0 Å². The predicted octanol–water partition coefficient (Wildman–Crippen LogP) is 7.15. The van der Waals surface area contributed by atoms with Crippen LogP contribution in [0, 0.1) is 0 Å². The highest BCUT2D eigenvalue weighted by atomic mass is 16.5. The van der Waals surface area contributed by atoms with Gasteiger partial charge in [-0.3, -0.25) is 4.79 Å². The molecule has 0 spiro atoms. The molecule has 0 aliphatic rings. The maximum Gasteiger partial charge on any atom is 0.313 e. The van der Waals surface area contributed by atoms with Crippen molar-refractivity contribution < 1.29 is 9.53 Å². The van der Waals surface area contributed by atoms with Gasteiger partial charge < -0.3 is 10.1 Å². The third-order valence-electron chi connectivity index (χ3n) is 6.24. The summed E-state index contributed by atoms with van der Waals surface area (Å²) in [7, 11) is 0. The number of benzene rings is 4. The van der Waals surface area contributed by atoms with Crippen molar-refractivity contribution in [3.8, 4) is 0 Å². The van der Waals surface area contributed by atoms with E-state index in [4.69, 9.17) is 4.74 Å². The summed E-state index contributed by atoms with van der Waals surface area (Å²) in [6, 6.07) is 39.7. The summed E-state index contributed by atoms with van der Waals surface area (Å²) in [4.78, 5) is 12.4. The standard InChI is InChI=1S/C31H31NO2/c1-3-29(30(33)34-4-2)24-20-22-28(23-21-24)32-31(25-14-8-5-9-15-25,26-16-10-6-11-17-26)27-18-12-7-13-19-27/h5-23,29,32H,3-4H2,1-2H3. The van der Waals surface area contributed by atoms with Crippen molar-refractivity contribution >= 4 is 11.7 Å². The van der Waals surface area contributed by atoms with E-state index >= 15 is 0 Å². The second-order valence-electron chi connectivity index (χ2n) is 8.31. The van der Waals surface area contributed by atoms with Crippen LogP contribution in [0.1, 0.15) is 48.4 Å². The first kappa shape index (κ1) is 23.3. The second-order valence-corrected chi connectivity index (χ2v) is 8.31. The fourth-order valence-corrected chi connectivity index (χ4v) is 4.58. The first-order chi connectivity index (χ1) is 16.7. The molecule has 0 heterocycles. The number of hydrogen-bond acceptors (Lipinski definition) is 3. The maximum atomic E-state index is 12.4. The highest BCUT2D eigenvalue weighted by molar-refractivity contribution is 5.78. The molecule has 0 aromatic heterocycles. The molecule has 4 aromatic carbocycles. The van der Waals surface area contributed by atoms with Crippen LogP contribution < -0.4 is 5.32 Å². The molecule has 3 nitrogen and oxygen atoms in total. The lowest BCUT2D eigenvalue weighted by atomic mass is 9.76. The molecule has 4 rings (SSSR count). The third-order valence-corrected chi connectivity index (χ3v) is 6.24. The van der Waals surface area contributed by atoms with Gasteiger partial charge in [-0.25, -0.2) is 0 Å². The summed E-state index contributed by atoms with van der Waals surface area (Å²) < 4.78 is 5.28. The molecule has 0 radical (unpaired) electrons. The topological polar surface area (TPSA) is 38.3 Å². The van der Waals surface area contributed by atoms with Crippen LogP contribution in [-0.4, -0.2) is 12.6 Å². The maximum absolute atomic E-state index is 12.4. The molecule has 0 saturated carbocycles. The zero-order valence-electron chi connectivity index (χ0n) is 19.8. The molecule has 0 bridgehead atoms. The second kappa shape index (κ2) is 10.8. The van der Waals surface area contributed by atoms with Gasteiger partial charge in [-0.05, 0) is 47.7 Å². The molecule has 0 fully saturated rings. The highest BCUT2D eigenvalue weighted by Gasteiger charge is 2.36. The van der Waals surface area contributed by atoms with Gasteiger partial charge in [0.2, 0.25) is 0 Å². The van der Waals surface area contributed by atoms with E-state index in [2.05, 4.69) is 90.2 Å². The van der Waals surface area contributed by atoms with Crippen molar-refractivity contribution in [2.75, 3.05) is 11.9 Å². The molecule has 4 aromatic rings. The van der Waals surface area contributed by atoms with Crippen LogP contribution in [0.2, 0.25) is 0 Å². The lowest BCUT2D eigenvalue weighted by Crippen LogP contribution is -2.38. The number of ether oxygens (including phenoxy) is 1. The molecule has 34 heavy (non-hydrogen) atoms. The van der Waals surface area contributed by atoms with Gasteiger partial charge in [-0.1, -0.05) is 110 Å². The first-order valence-electron chi connectivity index (χ1n) is 11.9. The monoisotopic (exact) mass is 449 g/mol. The average molecular weight is 450 g/mol. The quantitative estimate of drug-likeness (QED) is 0.218. The predicted molar refractivity (Wildman–Crippen MR) is 139 cm³/mol. The summed E-state index contributed by atoms with van der Waals surface area (Å²) in [6.45, 7) is 4.25. The Morgan fingerprint density at radius 3 is 1.53 bits per heavy atom. The fourth-order valence-electron chi connectivity index (χ4n) is 4.58. The van der Waals surface area contributed by atoms with Gasteiger partial charge in [0.1, 0.15) is 5.54 Å². The van der Waals surface area contributed by atoms with E-state index in [-0.39, 0.29) is 11.9 Å². The zero-order valence-corrected chi connectivity index (χ0v) is 19.8. The van der Waals surface area contributed by atoms with Crippen LogP contribution in [-0.2, 0) is 15.1 Å². The van der Waals surface area contributed by atoms with E-state index < -0.39 is 5.54 Å². The van der Waals surface area contributed by atoms with E-state index in [9.17, 15) is 4.79 Å². The third kappa shape index (κ3) is 4.74. The average Bonchev–Trinajstić information content (AvgIpc) is 2.90. The summed E-state index contributed by atoms with van der Waals surface area (Å²) >= 11 is 0. The highest BCUT2D eigenvalue weighted by Crippen LogP contribution is 2.40. The molecule has 0 amide bonds. The number of nitrogens with one attached hydrogen (secondary N) is 1. The molecule has 0 saturated heterocycles. The van der Waals surface area contributed by atoms with Crippen molar-refractivity contribution in [1.82, 2.24) is 0 Å². The Kier molecular flexibility index (Phi) is 7.44. The van der Waals surface area contributed by atoms with Crippen LogP contribution >= 0.6 is 0 Å². The number of anilines is 1. The van der Waals surface area contributed by atoms with Crippen LogP contribution in [0.4, 0.5) is 5.69 Å². The number of carbonyl (C=O) groups is 1. The smallest absolute Gasteiger partial charge is 0.313 e. The summed E-state index contributed by atoms with van der Waals surface area (Å²) in [5, 5.41) is 3.86. The Labute approximate surface area is 202 Å². The van der Waals surface area contributed by atoms with Gasteiger partial charge in [0.05, 0.1) is 12.5 Å². The Morgan fingerprint density at radius 1 is 0.706 bits per heavy atom.